The summed E-state index contributed by atoms with van der Waals surface area (Å²) in [5.74, 6) is 6.70. The van der Waals surface area contributed by atoms with Crippen LogP contribution in [0, 0.1) is 11.8 Å². The van der Waals surface area contributed by atoms with E-state index in [1.807, 2.05) is 12.1 Å². The van der Waals surface area contributed by atoms with Crippen LogP contribution >= 0.6 is 0 Å². The van der Waals surface area contributed by atoms with Gasteiger partial charge < -0.3 is 14.6 Å². The summed E-state index contributed by atoms with van der Waals surface area (Å²) < 4.78 is 12.2. The van der Waals surface area contributed by atoms with Gasteiger partial charge in [0.05, 0.1) is 13.3 Å². The molecule has 1 aromatic heterocycles. The van der Waals surface area contributed by atoms with Crippen molar-refractivity contribution in [3.05, 3.63) is 71.5 Å². The predicted octanol–water partition coefficient (Wildman–Crippen LogP) is 2.09. The van der Waals surface area contributed by atoms with E-state index in [-0.39, 0.29) is 25.5 Å². The van der Waals surface area contributed by atoms with E-state index >= 15 is 0 Å². The monoisotopic (exact) mass is 377 g/mol. The first-order valence-corrected chi connectivity index (χ1v) is 8.57. The summed E-state index contributed by atoms with van der Waals surface area (Å²) in [5, 5.41) is 16.7. The number of hydrogen-bond donors (Lipinski definition) is 1. The van der Waals surface area contributed by atoms with Crippen molar-refractivity contribution >= 4 is 5.78 Å². The van der Waals surface area contributed by atoms with E-state index in [4.69, 9.17) is 14.6 Å². The summed E-state index contributed by atoms with van der Waals surface area (Å²) in [6, 6.07) is 14.1. The highest BCUT2D eigenvalue weighted by atomic mass is 16.5. The van der Waals surface area contributed by atoms with E-state index in [0.29, 0.717) is 22.8 Å². The molecule has 0 saturated heterocycles. The van der Waals surface area contributed by atoms with Crippen molar-refractivity contribution in [1.82, 2.24) is 15.0 Å². The van der Waals surface area contributed by atoms with E-state index < -0.39 is 0 Å². The number of nitrogens with zero attached hydrogens (tertiary/aromatic N) is 3. The lowest BCUT2D eigenvalue weighted by Gasteiger charge is -2.04. The zero-order chi connectivity index (χ0) is 19.8. The third-order valence-electron chi connectivity index (χ3n) is 3.86. The fourth-order valence-corrected chi connectivity index (χ4v) is 2.43. The lowest BCUT2D eigenvalue weighted by Crippen LogP contribution is -2.11. The lowest BCUT2D eigenvalue weighted by atomic mass is 10.1. The Labute approximate surface area is 162 Å². The highest BCUT2D eigenvalue weighted by Crippen LogP contribution is 2.14. The molecule has 1 N–H and O–H groups in total. The fourth-order valence-electron chi connectivity index (χ4n) is 2.43. The first-order chi connectivity index (χ1) is 13.7. The maximum Gasteiger partial charge on any atom is 0.184 e. The van der Waals surface area contributed by atoms with Gasteiger partial charge in [-0.3, -0.25) is 4.79 Å². The van der Waals surface area contributed by atoms with Gasteiger partial charge in [-0.1, -0.05) is 17.1 Å². The van der Waals surface area contributed by atoms with Gasteiger partial charge in [0.1, 0.15) is 37.0 Å². The summed E-state index contributed by atoms with van der Waals surface area (Å²) in [6.07, 6.45) is 1.68. The highest BCUT2D eigenvalue weighted by molar-refractivity contribution is 5.95. The number of Topliss-reactive ketones (excluding diaryl/α,β-unsaturated/α-hetero) is 1. The van der Waals surface area contributed by atoms with Gasteiger partial charge in [-0.05, 0) is 48.5 Å². The van der Waals surface area contributed by atoms with Crippen molar-refractivity contribution in [2.24, 2.45) is 0 Å². The normalized spacial score (nSPS) is 10.1. The topological polar surface area (TPSA) is 86.5 Å². The van der Waals surface area contributed by atoms with E-state index in [9.17, 15) is 4.79 Å². The molecular formula is C21H19N3O4. The number of benzene rings is 2. The minimum atomic E-state index is -0.172. The Morgan fingerprint density at radius 2 is 1.82 bits per heavy atom. The molecule has 142 valence electrons. The van der Waals surface area contributed by atoms with Gasteiger partial charge in [0.2, 0.25) is 0 Å². The van der Waals surface area contributed by atoms with Crippen molar-refractivity contribution in [2.75, 3.05) is 13.7 Å². The lowest BCUT2D eigenvalue weighted by molar-refractivity contribution is 0.0967. The van der Waals surface area contributed by atoms with Gasteiger partial charge in [0.15, 0.2) is 5.78 Å². The molecule has 0 atom stereocenters. The van der Waals surface area contributed by atoms with Crippen LogP contribution in [0.3, 0.4) is 0 Å². The summed E-state index contributed by atoms with van der Waals surface area (Å²) in [5.41, 5.74) is 1.99. The molecule has 0 aliphatic heterocycles. The molecule has 0 unspecified atom stereocenters. The Morgan fingerprint density at radius 3 is 2.50 bits per heavy atom. The molecule has 7 heteroatoms. The standard InChI is InChI=1S/C21H19N3O4/c1-27-19-10-6-17(7-11-19)21(26)14-24-13-18(22-23-24)15-28-20-8-4-16(5-9-20)3-2-12-25/h4-11,13,25H,12,14-15H2,1H3. The number of aliphatic hydroxyl groups is 1. The number of ketones is 1. The van der Waals surface area contributed by atoms with E-state index in [0.717, 1.165) is 5.56 Å². The second-order valence-corrected chi connectivity index (χ2v) is 5.83. The molecule has 0 spiro atoms. The smallest absolute Gasteiger partial charge is 0.184 e. The van der Waals surface area contributed by atoms with Crippen LogP contribution < -0.4 is 9.47 Å². The van der Waals surface area contributed by atoms with Crippen LogP contribution in [0.15, 0.2) is 54.7 Å². The number of rotatable bonds is 7. The average molecular weight is 377 g/mol. The Hall–Kier alpha value is -3.63. The van der Waals surface area contributed by atoms with E-state index in [1.54, 1.807) is 49.7 Å². The van der Waals surface area contributed by atoms with Crippen LogP contribution in [-0.2, 0) is 13.2 Å². The number of ether oxygens (including phenoxy) is 2. The Bertz CT molecular complexity index is 983. The molecule has 0 aliphatic rings. The Balaban J connectivity index is 1.54. The van der Waals surface area contributed by atoms with E-state index in [1.165, 1.54) is 4.68 Å². The van der Waals surface area contributed by atoms with E-state index in [2.05, 4.69) is 22.2 Å². The quantitative estimate of drug-likeness (QED) is 0.501. The maximum absolute atomic E-state index is 12.3. The van der Waals surface area contributed by atoms with Crippen molar-refractivity contribution in [3.63, 3.8) is 0 Å². The zero-order valence-electron chi connectivity index (χ0n) is 15.3. The van der Waals surface area contributed by atoms with Crippen LogP contribution in [0.4, 0.5) is 0 Å². The largest absolute Gasteiger partial charge is 0.497 e. The van der Waals surface area contributed by atoms with Gasteiger partial charge >= 0.3 is 0 Å². The van der Waals surface area contributed by atoms with Gasteiger partial charge in [0, 0.05) is 11.1 Å². The molecule has 0 bridgehead atoms. The van der Waals surface area contributed by atoms with Crippen molar-refractivity contribution in [1.29, 1.82) is 0 Å². The molecule has 2 aromatic carbocycles. The summed E-state index contributed by atoms with van der Waals surface area (Å²) in [4.78, 5) is 12.3. The van der Waals surface area contributed by atoms with Gasteiger partial charge in [0.25, 0.3) is 0 Å². The minimum absolute atomic E-state index is 0.0698. The molecule has 1 heterocycles. The average Bonchev–Trinajstić information content (AvgIpc) is 3.18. The summed E-state index contributed by atoms with van der Waals surface area (Å²) >= 11 is 0. The van der Waals surface area contributed by atoms with Crippen LogP contribution in [0.5, 0.6) is 11.5 Å². The number of carbonyl (C=O) groups excluding carboxylic acids is 1. The molecule has 0 amide bonds. The minimum Gasteiger partial charge on any atom is -0.497 e. The first kappa shape index (κ1) is 19.1. The highest BCUT2D eigenvalue weighted by Gasteiger charge is 2.09. The molecule has 3 aromatic rings. The number of aromatic nitrogens is 3. The molecule has 0 aliphatic carbocycles. The number of carbonyl (C=O) groups is 1. The zero-order valence-corrected chi connectivity index (χ0v) is 15.3. The fraction of sp³-hybridized carbons (Fsp3) is 0.190. The van der Waals surface area contributed by atoms with Crippen molar-refractivity contribution < 1.29 is 19.4 Å². The van der Waals surface area contributed by atoms with Crippen LogP contribution in [0.2, 0.25) is 0 Å². The predicted molar refractivity (Wildman–Crippen MR) is 102 cm³/mol. The molecule has 0 radical (unpaired) electrons. The van der Waals surface area contributed by atoms with Gasteiger partial charge in [-0.15, -0.1) is 5.10 Å². The van der Waals surface area contributed by atoms with Crippen molar-refractivity contribution in [2.45, 2.75) is 13.2 Å². The Morgan fingerprint density at radius 1 is 1.11 bits per heavy atom. The molecule has 0 fully saturated rings. The SMILES string of the molecule is COc1ccc(C(=O)Cn2cc(COc3ccc(C#CCO)cc3)nn2)cc1. The number of aliphatic hydroxyl groups excluding tert-OH is 1. The summed E-state index contributed by atoms with van der Waals surface area (Å²) in [6.45, 7) is 0.158. The number of methoxy groups -OCH3 is 1. The Kier molecular flexibility index (Phi) is 6.39. The van der Waals surface area contributed by atoms with Crippen LogP contribution in [0.25, 0.3) is 0 Å². The second kappa shape index (κ2) is 9.35. The second-order valence-electron chi connectivity index (χ2n) is 5.83. The molecule has 28 heavy (non-hydrogen) atoms. The maximum atomic E-state index is 12.3. The molecule has 3 rings (SSSR count). The summed E-state index contributed by atoms with van der Waals surface area (Å²) in [7, 11) is 1.58. The van der Waals surface area contributed by atoms with Crippen molar-refractivity contribution in [3.8, 4) is 23.3 Å². The number of hydrogen-bond acceptors (Lipinski definition) is 6. The first-order valence-electron chi connectivity index (χ1n) is 8.57. The van der Waals surface area contributed by atoms with Crippen LogP contribution in [-0.4, -0.2) is 39.6 Å². The van der Waals surface area contributed by atoms with Crippen LogP contribution in [0.1, 0.15) is 21.6 Å². The molecule has 0 saturated carbocycles. The third-order valence-corrected chi connectivity index (χ3v) is 3.86. The van der Waals surface area contributed by atoms with Gasteiger partial charge in [-0.2, -0.15) is 0 Å². The third kappa shape index (κ3) is 5.19. The molecule has 7 nitrogen and oxygen atoms in total. The molecular weight excluding hydrogens is 358 g/mol. The van der Waals surface area contributed by atoms with Gasteiger partial charge in [-0.25, -0.2) is 4.68 Å².